The van der Waals surface area contributed by atoms with Crippen molar-refractivity contribution in [1.29, 1.82) is 0 Å². The van der Waals surface area contributed by atoms with Crippen LogP contribution in [0, 0.1) is 12.8 Å². The molecular formula is C27H33ClN2O3. The van der Waals surface area contributed by atoms with E-state index in [-0.39, 0.29) is 24.5 Å². The highest BCUT2D eigenvalue weighted by Crippen LogP contribution is 2.30. The normalized spacial score (nSPS) is 12.2. The minimum atomic E-state index is -0.885. The summed E-state index contributed by atoms with van der Waals surface area (Å²) >= 11 is 6.19. The molecule has 2 aromatic heterocycles. The number of halogens is 1. The fourth-order valence-electron chi connectivity index (χ4n) is 4.57. The first-order valence-corrected chi connectivity index (χ1v) is 12.1. The Balaban J connectivity index is 1.68. The molecular weight excluding hydrogens is 436 g/mol. The molecule has 0 spiro atoms. The molecule has 5 nitrogen and oxygen atoms in total. The molecule has 1 N–H and O–H groups in total. The average molecular weight is 469 g/mol. The summed E-state index contributed by atoms with van der Waals surface area (Å²) in [5.41, 5.74) is 5.04. The Bertz CT molecular complexity index is 1140. The van der Waals surface area contributed by atoms with E-state index in [0.717, 1.165) is 55.3 Å². The Morgan fingerprint density at radius 3 is 2.52 bits per heavy atom. The predicted octanol–water partition coefficient (Wildman–Crippen LogP) is 6.56. The molecule has 0 amide bonds. The fourth-order valence-corrected chi connectivity index (χ4v) is 4.73. The molecule has 0 radical (unpaired) electrons. The van der Waals surface area contributed by atoms with Crippen LogP contribution >= 0.6 is 11.6 Å². The zero-order valence-electron chi connectivity index (χ0n) is 19.7. The van der Waals surface area contributed by atoms with Gasteiger partial charge >= 0.3 is 5.97 Å². The number of carboxylic acid groups (broad SMARTS) is 1. The lowest BCUT2D eigenvalue weighted by Gasteiger charge is -2.10. The van der Waals surface area contributed by atoms with Gasteiger partial charge in [0.2, 0.25) is 0 Å². The fraction of sp³-hybridized carbons (Fsp3) is 0.444. The molecule has 33 heavy (non-hydrogen) atoms. The lowest BCUT2D eigenvalue weighted by atomic mass is 9.94. The van der Waals surface area contributed by atoms with Crippen molar-refractivity contribution < 1.29 is 14.7 Å². The smallest absolute Gasteiger partial charge is 0.303 e. The largest absolute Gasteiger partial charge is 0.481 e. The number of hydrogen-bond donors (Lipinski definition) is 1. The van der Waals surface area contributed by atoms with Gasteiger partial charge in [0, 0.05) is 42.7 Å². The van der Waals surface area contributed by atoms with E-state index in [1.807, 2.05) is 11.6 Å². The predicted molar refractivity (Wildman–Crippen MR) is 133 cm³/mol. The SMILES string of the molecule is Cc1cccc(CCCCCCc2c(C(=O)C[C@H](C)CC(=O)O)c3cc(Cl)cnc3n2C)c1. The van der Waals surface area contributed by atoms with Crippen LogP contribution in [0.5, 0.6) is 0 Å². The molecule has 3 aromatic rings. The summed E-state index contributed by atoms with van der Waals surface area (Å²) in [7, 11) is 1.94. The molecule has 0 fully saturated rings. The molecule has 0 aliphatic rings. The Hall–Kier alpha value is -2.66. The average Bonchev–Trinajstić information content (AvgIpc) is 3.01. The first kappa shape index (κ1) is 25.0. The number of carbonyl (C=O) groups is 2. The monoisotopic (exact) mass is 468 g/mol. The minimum Gasteiger partial charge on any atom is -0.481 e. The number of unbranched alkanes of at least 4 members (excludes halogenated alkanes) is 3. The number of aliphatic carboxylic acids is 1. The second-order valence-electron chi connectivity index (χ2n) is 9.14. The third kappa shape index (κ3) is 6.67. The topological polar surface area (TPSA) is 72.2 Å². The van der Waals surface area contributed by atoms with Gasteiger partial charge in [-0.2, -0.15) is 0 Å². The van der Waals surface area contributed by atoms with Gasteiger partial charge < -0.3 is 9.67 Å². The lowest BCUT2D eigenvalue weighted by Crippen LogP contribution is -2.12. The van der Waals surface area contributed by atoms with E-state index in [1.54, 1.807) is 19.2 Å². The second-order valence-corrected chi connectivity index (χ2v) is 9.58. The highest BCUT2D eigenvalue weighted by atomic mass is 35.5. The van der Waals surface area contributed by atoms with Gasteiger partial charge in [-0.3, -0.25) is 9.59 Å². The third-order valence-electron chi connectivity index (χ3n) is 6.16. The Morgan fingerprint density at radius 2 is 1.82 bits per heavy atom. The van der Waals surface area contributed by atoms with Crippen LogP contribution in [-0.4, -0.2) is 26.4 Å². The molecule has 0 saturated carbocycles. The molecule has 1 atom stereocenters. The van der Waals surface area contributed by atoms with Gasteiger partial charge in [-0.15, -0.1) is 0 Å². The van der Waals surface area contributed by atoms with E-state index < -0.39 is 5.97 Å². The van der Waals surface area contributed by atoms with Crippen molar-refractivity contribution in [2.24, 2.45) is 13.0 Å². The maximum absolute atomic E-state index is 13.2. The quantitative estimate of drug-likeness (QED) is 0.241. The van der Waals surface area contributed by atoms with E-state index in [2.05, 4.69) is 36.2 Å². The first-order valence-electron chi connectivity index (χ1n) is 11.7. The molecule has 2 heterocycles. The van der Waals surface area contributed by atoms with E-state index in [9.17, 15) is 9.59 Å². The number of carboxylic acids is 1. The van der Waals surface area contributed by atoms with Gasteiger partial charge in [0.15, 0.2) is 5.78 Å². The summed E-state index contributed by atoms with van der Waals surface area (Å²) in [5, 5.41) is 10.3. The Kier molecular flexibility index (Phi) is 8.67. The van der Waals surface area contributed by atoms with E-state index in [1.165, 1.54) is 11.1 Å². The third-order valence-corrected chi connectivity index (χ3v) is 6.37. The van der Waals surface area contributed by atoms with Crippen molar-refractivity contribution in [3.05, 3.63) is 63.9 Å². The number of fused-ring (bicyclic) bond motifs is 1. The number of hydrogen-bond acceptors (Lipinski definition) is 3. The summed E-state index contributed by atoms with van der Waals surface area (Å²) in [4.78, 5) is 28.7. The van der Waals surface area contributed by atoms with E-state index in [0.29, 0.717) is 10.6 Å². The van der Waals surface area contributed by atoms with Crippen LogP contribution in [-0.2, 0) is 24.7 Å². The number of carbonyl (C=O) groups excluding carboxylic acids is 1. The number of Topliss-reactive ketones (excluding diaryl/α,β-unsaturated/α-hetero) is 1. The highest BCUT2D eigenvalue weighted by molar-refractivity contribution is 6.31. The standard InChI is InChI=1S/C27H33ClN2O3/c1-18-9-8-11-20(13-18)10-6-4-5-7-12-23-26(24(31)14-19(2)15-25(32)33)22-16-21(28)17-29-27(22)30(23)3/h8-9,11,13,16-17,19H,4-7,10,12,14-15H2,1-3H3,(H,32,33)/t19-/m0/s1. The zero-order chi connectivity index (χ0) is 24.0. The van der Waals surface area contributed by atoms with Crippen LogP contribution in [0.25, 0.3) is 11.0 Å². The van der Waals surface area contributed by atoms with Gasteiger partial charge in [-0.05, 0) is 50.2 Å². The van der Waals surface area contributed by atoms with E-state index >= 15 is 0 Å². The molecule has 3 rings (SSSR count). The zero-order valence-corrected chi connectivity index (χ0v) is 20.5. The number of nitrogens with zero attached hydrogens (tertiary/aromatic N) is 2. The molecule has 0 aliphatic carbocycles. The molecule has 6 heteroatoms. The van der Waals surface area contributed by atoms with Crippen LogP contribution in [0.1, 0.15) is 72.6 Å². The van der Waals surface area contributed by atoms with Crippen molar-refractivity contribution in [3.63, 3.8) is 0 Å². The second kappa shape index (κ2) is 11.5. The maximum atomic E-state index is 13.2. The number of ketones is 1. The van der Waals surface area contributed by atoms with Crippen LogP contribution in [0.15, 0.2) is 36.5 Å². The van der Waals surface area contributed by atoms with Crippen LogP contribution in [0.4, 0.5) is 0 Å². The van der Waals surface area contributed by atoms with Gasteiger partial charge in [-0.1, -0.05) is 61.2 Å². The summed E-state index contributed by atoms with van der Waals surface area (Å²) in [5.74, 6) is -1.15. The summed E-state index contributed by atoms with van der Waals surface area (Å²) in [6, 6.07) is 10.5. The van der Waals surface area contributed by atoms with Crippen LogP contribution < -0.4 is 0 Å². The van der Waals surface area contributed by atoms with Crippen molar-refractivity contribution in [3.8, 4) is 0 Å². The molecule has 0 bridgehead atoms. The number of aryl methyl sites for hydroxylation is 3. The van der Waals surface area contributed by atoms with Crippen molar-refractivity contribution >= 4 is 34.4 Å². The summed E-state index contributed by atoms with van der Waals surface area (Å²) in [6.45, 7) is 3.92. The Morgan fingerprint density at radius 1 is 1.09 bits per heavy atom. The summed E-state index contributed by atoms with van der Waals surface area (Å²) in [6.07, 6.45) is 8.00. The van der Waals surface area contributed by atoms with Crippen LogP contribution in [0.3, 0.4) is 0 Å². The molecule has 1 aromatic carbocycles. The maximum Gasteiger partial charge on any atom is 0.303 e. The van der Waals surface area contributed by atoms with Crippen molar-refractivity contribution in [2.45, 2.75) is 65.2 Å². The molecule has 0 aliphatic heterocycles. The first-order chi connectivity index (χ1) is 15.8. The number of rotatable bonds is 12. The lowest BCUT2D eigenvalue weighted by molar-refractivity contribution is -0.137. The van der Waals surface area contributed by atoms with Gasteiger partial charge in [-0.25, -0.2) is 4.98 Å². The van der Waals surface area contributed by atoms with E-state index in [4.69, 9.17) is 16.7 Å². The van der Waals surface area contributed by atoms with Crippen LogP contribution in [0.2, 0.25) is 5.02 Å². The number of aromatic nitrogens is 2. The molecule has 0 saturated heterocycles. The van der Waals surface area contributed by atoms with Gasteiger partial charge in [0.1, 0.15) is 5.65 Å². The van der Waals surface area contributed by atoms with Crippen molar-refractivity contribution in [2.75, 3.05) is 0 Å². The van der Waals surface area contributed by atoms with Crippen molar-refractivity contribution in [1.82, 2.24) is 9.55 Å². The molecule has 0 unspecified atom stereocenters. The van der Waals surface area contributed by atoms with Gasteiger partial charge in [0.25, 0.3) is 0 Å². The number of pyridine rings is 1. The van der Waals surface area contributed by atoms with Gasteiger partial charge in [0.05, 0.1) is 5.02 Å². The highest BCUT2D eigenvalue weighted by Gasteiger charge is 2.24. The summed E-state index contributed by atoms with van der Waals surface area (Å²) < 4.78 is 1.99. The minimum absolute atomic E-state index is 0.0220. The Labute approximate surface area is 200 Å². The number of benzene rings is 1. The molecule has 176 valence electrons.